The van der Waals surface area contributed by atoms with Crippen molar-refractivity contribution in [3.05, 3.63) is 11.9 Å². The number of hydrazine groups is 1. The van der Waals surface area contributed by atoms with Crippen LogP contribution in [0.15, 0.2) is 6.07 Å². The minimum Gasteiger partial charge on any atom is -0.370 e. The second-order valence-electron chi connectivity index (χ2n) is 6.65. The number of anilines is 2. The highest BCUT2D eigenvalue weighted by atomic mass is 15.3. The van der Waals surface area contributed by atoms with Crippen LogP contribution in [0.1, 0.15) is 66.1 Å². The van der Waals surface area contributed by atoms with Gasteiger partial charge < -0.3 is 10.7 Å². The van der Waals surface area contributed by atoms with Gasteiger partial charge in [0.1, 0.15) is 17.5 Å². The van der Waals surface area contributed by atoms with Crippen molar-refractivity contribution >= 4 is 11.6 Å². The molecule has 0 amide bonds. The molecule has 1 unspecified atom stereocenters. The summed E-state index contributed by atoms with van der Waals surface area (Å²) in [5.41, 5.74) is 2.52. The van der Waals surface area contributed by atoms with Gasteiger partial charge in [-0.05, 0) is 12.3 Å². The van der Waals surface area contributed by atoms with Crippen molar-refractivity contribution in [2.45, 2.75) is 65.7 Å². The fourth-order valence-corrected chi connectivity index (χ4v) is 2.14. The second kappa shape index (κ2) is 8.17. The van der Waals surface area contributed by atoms with E-state index < -0.39 is 0 Å². The van der Waals surface area contributed by atoms with Crippen LogP contribution in [0.5, 0.6) is 0 Å². The first-order chi connectivity index (χ1) is 9.90. The summed E-state index contributed by atoms with van der Waals surface area (Å²) >= 11 is 0. The lowest BCUT2D eigenvalue weighted by Crippen LogP contribution is -2.21. The lowest BCUT2D eigenvalue weighted by molar-refractivity contribution is 0.472. The van der Waals surface area contributed by atoms with E-state index in [1.807, 2.05) is 6.07 Å². The van der Waals surface area contributed by atoms with Crippen LogP contribution in [-0.2, 0) is 5.41 Å². The summed E-state index contributed by atoms with van der Waals surface area (Å²) in [5, 5.41) is 3.45. The first-order valence-electron chi connectivity index (χ1n) is 8.00. The molecule has 0 saturated carbocycles. The van der Waals surface area contributed by atoms with Crippen molar-refractivity contribution in [3.63, 3.8) is 0 Å². The third-order valence-corrected chi connectivity index (χ3v) is 3.66. The van der Waals surface area contributed by atoms with Crippen molar-refractivity contribution in [3.8, 4) is 0 Å². The molecule has 0 spiro atoms. The van der Waals surface area contributed by atoms with Crippen molar-refractivity contribution < 1.29 is 0 Å². The molecule has 5 nitrogen and oxygen atoms in total. The van der Waals surface area contributed by atoms with E-state index in [0.717, 1.165) is 18.2 Å². The van der Waals surface area contributed by atoms with Crippen LogP contribution in [0, 0.1) is 5.92 Å². The molecule has 1 aromatic rings. The highest BCUT2D eigenvalue weighted by Gasteiger charge is 2.19. The van der Waals surface area contributed by atoms with Gasteiger partial charge in [-0.25, -0.2) is 15.8 Å². The molecule has 1 rings (SSSR count). The van der Waals surface area contributed by atoms with Gasteiger partial charge in [0.05, 0.1) is 0 Å². The molecule has 0 fully saturated rings. The van der Waals surface area contributed by atoms with Gasteiger partial charge in [0.25, 0.3) is 0 Å². The Labute approximate surface area is 129 Å². The highest BCUT2D eigenvalue weighted by molar-refractivity contribution is 5.47. The van der Waals surface area contributed by atoms with Gasteiger partial charge in [-0.1, -0.05) is 53.9 Å². The number of nitrogen functional groups attached to an aromatic ring is 1. The second-order valence-corrected chi connectivity index (χ2v) is 6.65. The molecule has 0 aliphatic heterocycles. The zero-order valence-corrected chi connectivity index (χ0v) is 14.2. The first kappa shape index (κ1) is 17.7. The van der Waals surface area contributed by atoms with Crippen LogP contribution in [0.25, 0.3) is 0 Å². The average molecular weight is 293 g/mol. The Morgan fingerprint density at radius 3 is 2.38 bits per heavy atom. The van der Waals surface area contributed by atoms with Gasteiger partial charge >= 0.3 is 0 Å². The van der Waals surface area contributed by atoms with E-state index in [2.05, 4.69) is 55.3 Å². The quantitative estimate of drug-likeness (QED) is 0.503. The third-order valence-electron chi connectivity index (χ3n) is 3.66. The van der Waals surface area contributed by atoms with Gasteiger partial charge in [-0.15, -0.1) is 0 Å². The van der Waals surface area contributed by atoms with E-state index in [-0.39, 0.29) is 5.41 Å². The molecule has 0 radical (unpaired) electrons. The Balaban J connectivity index is 2.78. The molecule has 1 aromatic heterocycles. The number of unbranched alkanes of at least 4 members (excludes halogenated alkanes) is 1. The lowest BCUT2D eigenvalue weighted by atomic mass is 9.95. The van der Waals surface area contributed by atoms with Crippen molar-refractivity contribution in [2.75, 3.05) is 17.3 Å². The maximum Gasteiger partial charge on any atom is 0.145 e. The van der Waals surface area contributed by atoms with Gasteiger partial charge in [-0.2, -0.15) is 0 Å². The van der Waals surface area contributed by atoms with Gasteiger partial charge in [-0.3, -0.25) is 0 Å². The zero-order chi connectivity index (χ0) is 15.9. The molecular weight excluding hydrogens is 262 g/mol. The number of nitrogens with one attached hydrogen (secondary N) is 2. The molecule has 0 aromatic carbocycles. The predicted octanol–water partition coefficient (Wildman–Crippen LogP) is 3.69. The SMILES string of the molecule is CCCCC(CC)CNc1cc(NN)nc(C(C)(C)C)n1. The van der Waals surface area contributed by atoms with E-state index in [4.69, 9.17) is 5.84 Å². The Hall–Kier alpha value is -1.36. The first-order valence-corrected chi connectivity index (χ1v) is 8.00. The van der Waals surface area contributed by atoms with E-state index in [0.29, 0.717) is 11.7 Å². The van der Waals surface area contributed by atoms with E-state index in [9.17, 15) is 0 Å². The maximum absolute atomic E-state index is 5.51. The molecule has 0 saturated heterocycles. The molecule has 0 bridgehead atoms. The highest BCUT2D eigenvalue weighted by Crippen LogP contribution is 2.22. The monoisotopic (exact) mass is 293 g/mol. The number of aromatic nitrogens is 2. The standard InChI is InChI=1S/C16H31N5/c1-6-8-9-12(7-2)11-18-13-10-14(21-17)20-15(19-13)16(3,4)5/h10,12H,6-9,11,17H2,1-5H3,(H2,18,19,20,21). The van der Waals surface area contributed by atoms with E-state index in [1.165, 1.54) is 25.7 Å². The maximum atomic E-state index is 5.51. The topological polar surface area (TPSA) is 75.9 Å². The molecule has 1 atom stereocenters. The summed E-state index contributed by atoms with van der Waals surface area (Å²) in [4.78, 5) is 9.05. The summed E-state index contributed by atoms with van der Waals surface area (Å²) in [7, 11) is 0. The third kappa shape index (κ3) is 5.87. The lowest BCUT2D eigenvalue weighted by Gasteiger charge is -2.20. The van der Waals surface area contributed by atoms with Crippen LogP contribution in [-0.4, -0.2) is 16.5 Å². The van der Waals surface area contributed by atoms with Crippen LogP contribution in [0.3, 0.4) is 0 Å². The number of rotatable bonds is 8. The molecule has 0 aliphatic carbocycles. The normalized spacial score (nSPS) is 13.0. The van der Waals surface area contributed by atoms with E-state index >= 15 is 0 Å². The minimum atomic E-state index is -0.102. The summed E-state index contributed by atoms with van der Waals surface area (Å²) in [6.07, 6.45) is 4.98. The Kier molecular flexibility index (Phi) is 6.89. The van der Waals surface area contributed by atoms with Crippen molar-refractivity contribution in [1.29, 1.82) is 0 Å². The summed E-state index contributed by atoms with van der Waals surface area (Å²) in [5.74, 6) is 8.49. The molecule has 4 N–H and O–H groups in total. The molecule has 120 valence electrons. The fourth-order valence-electron chi connectivity index (χ4n) is 2.14. The summed E-state index contributed by atoms with van der Waals surface area (Å²) in [6.45, 7) is 11.7. The average Bonchev–Trinajstić information content (AvgIpc) is 2.46. The van der Waals surface area contributed by atoms with Crippen LogP contribution >= 0.6 is 0 Å². The minimum absolute atomic E-state index is 0.102. The number of nitrogens with two attached hydrogens (primary N) is 1. The van der Waals surface area contributed by atoms with Gasteiger partial charge in [0.15, 0.2) is 0 Å². The zero-order valence-electron chi connectivity index (χ0n) is 14.2. The van der Waals surface area contributed by atoms with Crippen molar-refractivity contribution in [2.24, 2.45) is 11.8 Å². The van der Waals surface area contributed by atoms with Crippen molar-refractivity contribution in [1.82, 2.24) is 9.97 Å². The van der Waals surface area contributed by atoms with Gasteiger partial charge in [0.2, 0.25) is 0 Å². The molecular formula is C16H31N5. The number of hydrogen-bond acceptors (Lipinski definition) is 5. The van der Waals surface area contributed by atoms with E-state index in [1.54, 1.807) is 0 Å². The largest absolute Gasteiger partial charge is 0.370 e. The smallest absolute Gasteiger partial charge is 0.145 e. The molecule has 1 heterocycles. The van der Waals surface area contributed by atoms with Crippen LogP contribution in [0.4, 0.5) is 11.6 Å². The Morgan fingerprint density at radius 1 is 1.19 bits per heavy atom. The predicted molar refractivity (Wildman–Crippen MR) is 90.3 cm³/mol. The molecule has 5 heteroatoms. The summed E-state index contributed by atoms with van der Waals surface area (Å²) < 4.78 is 0. The molecule has 21 heavy (non-hydrogen) atoms. The van der Waals surface area contributed by atoms with Gasteiger partial charge in [0, 0.05) is 18.0 Å². The Morgan fingerprint density at radius 2 is 1.86 bits per heavy atom. The summed E-state index contributed by atoms with van der Waals surface area (Å²) in [6, 6.07) is 1.86. The fraction of sp³-hybridized carbons (Fsp3) is 0.750. The Bertz CT molecular complexity index is 425. The van der Waals surface area contributed by atoms with Crippen LogP contribution < -0.4 is 16.6 Å². The number of hydrogen-bond donors (Lipinski definition) is 3. The molecule has 0 aliphatic rings. The number of nitrogens with zero attached hydrogens (tertiary/aromatic N) is 2. The van der Waals surface area contributed by atoms with Crippen LogP contribution in [0.2, 0.25) is 0 Å².